The number of carbonyl (C=O) groups is 1. The quantitative estimate of drug-likeness (QED) is 0.853. The standard InChI is InChI=1S/C11H15BrN2OS.ClH/c1-7-8(2)14(4-3-13-7)11(15)10-5-9(12)6-16-10;/h5-8,13H,3-4H2,1-2H3;1H. The summed E-state index contributed by atoms with van der Waals surface area (Å²) in [5.74, 6) is 0.150. The van der Waals surface area contributed by atoms with E-state index in [0.717, 1.165) is 22.4 Å². The first-order valence-electron chi connectivity index (χ1n) is 5.38. The Balaban J connectivity index is 0.00000144. The number of amides is 1. The summed E-state index contributed by atoms with van der Waals surface area (Å²) < 4.78 is 0.983. The molecule has 0 radical (unpaired) electrons. The Morgan fingerprint density at radius 2 is 2.29 bits per heavy atom. The van der Waals surface area contributed by atoms with E-state index >= 15 is 0 Å². The van der Waals surface area contributed by atoms with Gasteiger partial charge in [0.15, 0.2) is 0 Å². The predicted molar refractivity (Wildman–Crippen MR) is 77.2 cm³/mol. The minimum atomic E-state index is 0. The Kier molecular flexibility index (Phi) is 5.44. The average molecular weight is 340 g/mol. The summed E-state index contributed by atoms with van der Waals surface area (Å²) in [7, 11) is 0. The van der Waals surface area contributed by atoms with Gasteiger partial charge in [-0.25, -0.2) is 0 Å². The van der Waals surface area contributed by atoms with Gasteiger partial charge in [0, 0.05) is 35.0 Å². The molecule has 0 spiro atoms. The third-order valence-corrected chi connectivity index (χ3v) is 4.75. The van der Waals surface area contributed by atoms with Crippen LogP contribution in [0.3, 0.4) is 0 Å². The second kappa shape index (κ2) is 6.18. The van der Waals surface area contributed by atoms with Gasteiger partial charge in [-0.05, 0) is 35.8 Å². The van der Waals surface area contributed by atoms with E-state index in [9.17, 15) is 4.79 Å². The van der Waals surface area contributed by atoms with E-state index in [4.69, 9.17) is 0 Å². The second-order valence-electron chi connectivity index (χ2n) is 4.11. The molecule has 0 bridgehead atoms. The van der Waals surface area contributed by atoms with Crippen molar-refractivity contribution in [3.63, 3.8) is 0 Å². The minimum Gasteiger partial charge on any atom is -0.332 e. The number of hydrogen-bond acceptors (Lipinski definition) is 3. The van der Waals surface area contributed by atoms with Crippen LogP contribution in [0.4, 0.5) is 0 Å². The Morgan fingerprint density at radius 3 is 2.88 bits per heavy atom. The van der Waals surface area contributed by atoms with Crippen LogP contribution in [0.15, 0.2) is 15.9 Å². The van der Waals surface area contributed by atoms with Crippen molar-refractivity contribution in [3.05, 3.63) is 20.8 Å². The maximum absolute atomic E-state index is 12.3. The zero-order valence-electron chi connectivity index (χ0n) is 9.77. The highest BCUT2D eigenvalue weighted by Crippen LogP contribution is 2.23. The Labute approximate surface area is 120 Å². The molecule has 1 aliphatic heterocycles. The number of nitrogens with one attached hydrogen (secondary N) is 1. The molecule has 17 heavy (non-hydrogen) atoms. The van der Waals surface area contributed by atoms with Crippen LogP contribution in [0.25, 0.3) is 0 Å². The van der Waals surface area contributed by atoms with Crippen LogP contribution in [-0.2, 0) is 0 Å². The van der Waals surface area contributed by atoms with Gasteiger partial charge in [0.25, 0.3) is 5.91 Å². The van der Waals surface area contributed by atoms with Crippen LogP contribution in [0.2, 0.25) is 0 Å². The topological polar surface area (TPSA) is 32.3 Å². The van der Waals surface area contributed by atoms with Crippen molar-refractivity contribution in [2.75, 3.05) is 13.1 Å². The molecule has 1 aromatic rings. The van der Waals surface area contributed by atoms with Crippen molar-refractivity contribution in [2.45, 2.75) is 25.9 Å². The van der Waals surface area contributed by atoms with Crippen molar-refractivity contribution < 1.29 is 4.79 Å². The first kappa shape index (κ1) is 15.0. The molecular weight excluding hydrogens is 324 g/mol. The highest BCUT2D eigenvalue weighted by Gasteiger charge is 2.29. The van der Waals surface area contributed by atoms with Gasteiger partial charge in [-0.3, -0.25) is 4.79 Å². The molecule has 2 atom stereocenters. The van der Waals surface area contributed by atoms with E-state index in [1.165, 1.54) is 11.3 Å². The lowest BCUT2D eigenvalue weighted by atomic mass is 10.1. The molecule has 1 N–H and O–H groups in total. The SMILES string of the molecule is CC1NCCN(C(=O)c2cc(Br)cs2)C1C.Cl. The molecule has 1 aromatic heterocycles. The van der Waals surface area contributed by atoms with E-state index in [2.05, 4.69) is 35.1 Å². The van der Waals surface area contributed by atoms with Gasteiger partial charge in [-0.1, -0.05) is 0 Å². The number of hydrogen-bond donors (Lipinski definition) is 1. The van der Waals surface area contributed by atoms with E-state index in [0.29, 0.717) is 6.04 Å². The fourth-order valence-electron chi connectivity index (χ4n) is 1.91. The molecule has 1 amide bonds. The second-order valence-corrected chi connectivity index (χ2v) is 5.94. The smallest absolute Gasteiger partial charge is 0.264 e. The van der Waals surface area contributed by atoms with Crippen molar-refractivity contribution in [1.29, 1.82) is 0 Å². The van der Waals surface area contributed by atoms with E-state index in [1.807, 2.05) is 16.3 Å². The highest BCUT2D eigenvalue weighted by atomic mass is 79.9. The predicted octanol–water partition coefficient (Wildman–Crippen LogP) is 2.75. The molecular formula is C11H16BrClN2OS. The van der Waals surface area contributed by atoms with Crippen LogP contribution >= 0.6 is 39.7 Å². The number of rotatable bonds is 1. The number of nitrogens with zero attached hydrogens (tertiary/aromatic N) is 1. The van der Waals surface area contributed by atoms with Gasteiger partial charge in [0.1, 0.15) is 0 Å². The van der Waals surface area contributed by atoms with Crippen LogP contribution in [-0.4, -0.2) is 36.0 Å². The minimum absolute atomic E-state index is 0. The maximum Gasteiger partial charge on any atom is 0.264 e. The molecule has 1 fully saturated rings. The summed E-state index contributed by atoms with van der Waals surface area (Å²) in [4.78, 5) is 15.0. The number of halogens is 2. The molecule has 1 aliphatic rings. The molecule has 3 nitrogen and oxygen atoms in total. The number of carbonyl (C=O) groups excluding carboxylic acids is 1. The lowest BCUT2D eigenvalue weighted by Gasteiger charge is -2.38. The van der Waals surface area contributed by atoms with E-state index in [-0.39, 0.29) is 24.4 Å². The Hall–Kier alpha value is -0.100. The molecule has 96 valence electrons. The summed E-state index contributed by atoms with van der Waals surface area (Å²) in [5.41, 5.74) is 0. The molecule has 2 heterocycles. The van der Waals surface area contributed by atoms with E-state index in [1.54, 1.807) is 0 Å². The largest absolute Gasteiger partial charge is 0.332 e. The summed E-state index contributed by atoms with van der Waals surface area (Å²) >= 11 is 4.87. The zero-order chi connectivity index (χ0) is 11.7. The van der Waals surface area contributed by atoms with Gasteiger partial charge in [-0.2, -0.15) is 0 Å². The first-order valence-corrected chi connectivity index (χ1v) is 7.05. The molecule has 2 rings (SSSR count). The fourth-order valence-corrected chi connectivity index (χ4v) is 3.29. The van der Waals surface area contributed by atoms with Gasteiger partial charge < -0.3 is 10.2 Å². The summed E-state index contributed by atoms with van der Waals surface area (Å²) in [5, 5.41) is 5.32. The van der Waals surface area contributed by atoms with Crippen LogP contribution in [0, 0.1) is 0 Å². The van der Waals surface area contributed by atoms with Gasteiger partial charge in [0.2, 0.25) is 0 Å². The molecule has 0 saturated carbocycles. The van der Waals surface area contributed by atoms with Gasteiger partial charge in [-0.15, -0.1) is 23.7 Å². The molecule has 0 aliphatic carbocycles. The molecule has 1 saturated heterocycles. The maximum atomic E-state index is 12.3. The number of piperazine rings is 1. The third kappa shape index (κ3) is 3.22. The molecule has 2 unspecified atom stereocenters. The van der Waals surface area contributed by atoms with Gasteiger partial charge in [0.05, 0.1) is 4.88 Å². The summed E-state index contributed by atoms with van der Waals surface area (Å²) in [6, 6.07) is 2.51. The van der Waals surface area contributed by atoms with E-state index < -0.39 is 0 Å². The average Bonchev–Trinajstić information content (AvgIpc) is 2.68. The van der Waals surface area contributed by atoms with Crippen molar-refractivity contribution >= 4 is 45.6 Å². The van der Waals surface area contributed by atoms with Crippen molar-refractivity contribution in [2.24, 2.45) is 0 Å². The lowest BCUT2D eigenvalue weighted by molar-refractivity contribution is 0.0608. The van der Waals surface area contributed by atoms with Crippen molar-refractivity contribution in [3.8, 4) is 0 Å². The summed E-state index contributed by atoms with van der Waals surface area (Å²) in [6.45, 7) is 5.88. The highest BCUT2D eigenvalue weighted by molar-refractivity contribution is 9.10. The molecule has 0 aromatic carbocycles. The first-order chi connectivity index (χ1) is 7.59. The van der Waals surface area contributed by atoms with Crippen molar-refractivity contribution in [1.82, 2.24) is 10.2 Å². The van der Waals surface area contributed by atoms with Crippen LogP contribution in [0.5, 0.6) is 0 Å². The van der Waals surface area contributed by atoms with Gasteiger partial charge >= 0.3 is 0 Å². The normalized spacial score (nSPS) is 24.3. The van der Waals surface area contributed by atoms with Crippen LogP contribution < -0.4 is 5.32 Å². The van der Waals surface area contributed by atoms with Crippen LogP contribution in [0.1, 0.15) is 23.5 Å². The molecule has 6 heteroatoms. The lowest BCUT2D eigenvalue weighted by Crippen LogP contribution is -2.57. The fraction of sp³-hybridized carbons (Fsp3) is 0.545. The Bertz CT molecular complexity index is 399. The third-order valence-electron chi connectivity index (χ3n) is 3.07. The number of thiophene rings is 1. The monoisotopic (exact) mass is 338 g/mol. The zero-order valence-corrected chi connectivity index (χ0v) is 13.0. The summed E-state index contributed by atoms with van der Waals surface area (Å²) in [6.07, 6.45) is 0. The Morgan fingerprint density at radius 1 is 1.59 bits per heavy atom.